The van der Waals surface area contributed by atoms with Crippen LogP contribution in [0.5, 0.6) is 0 Å². The number of hydrogen-bond donors (Lipinski definition) is 2. The summed E-state index contributed by atoms with van der Waals surface area (Å²) in [7, 11) is 0. The third-order valence-corrected chi connectivity index (χ3v) is 5.08. The molecule has 1 aromatic heterocycles. The molecule has 1 aliphatic heterocycles. The Hall–Kier alpha value is -1.63. The van der Waals surface area contributed by atoms with E-state index in [1.54, 1.807) is 11.3 Å². The maximum atomic E-state index is 11.7. The number of nitrogens with one attached hydrogen (secondary N) is 2. The molecule has 0 aromatic carbocycles. The Morgan fingerprint density at radius 1 is 1.26 bits per heavy atom. The quantitative estimate of drug-likeness (QED) is 0.747. The van der Waals surface area contributed by atoms with Gasteiger partial charge in [0.15, 0.2) is 0 Å². The normalized spacial score (nSPS) is 14.9. The van der Waals surface area contributed by atoms with Gasteiger partial charge in [-0.1, -0.05) is 0 Å². The SMILES string of the molecule is Cc1nc(C)c(CCNC(=O)NCCCN2CCCCC2=O)s1. The highest BCUT2D eigenvalue weighted by Crippen LogP contribution is 2.17. The zero-order valence-corrected chi connectivity index (χ0v) is 14.8. The molecule has 2 N–H and O–H groups in total. The van der Waals surface area contributed by atoms with Gasteiger partial charge in [-0.15, -0.1) is 11.3 Å². The fourth-order valence-electron chi connectivity index (χ4n) is 2.73. The maximum Gasteiger partial charge on any atom is 0.314 e. The highest BCUT2D eigenvalue weighted by atomic mass is 32.1. The zero-order valence-electron chi connectivity index (χ0n) is 14.0. The minimum Gasteiger partial charge on any atom is -0.343 e. The molecule has 7 heteroatoms. The van der Waals surface area contributed by atoms with Gasteiger partial charge in [-0.3, -0.25) is 4.79 Å². The van der Waals surface area contributed by atoms with Crippen LogP contribution in [0.15, 0.2) is 0 Å². The molecule has 1 saturated heterocycles. The van der Waals surface area contributed by atoms with Crippen LogP contribution in [0.2, 0.25) is 0 Å². The number of rotatable bonds is 7. The standard InChI is InChI=1S/C16H26N4O2S/c1-12-14(23-13(2)19-12)7-9-18-16(22)17-8-5-11-20-10-4-3-6-15(20)21/h3-11H2,1-2H3,(H2,17,18,22). The van der Waals surface area contributed by atoms with E-state index in [4.69, 9.17) is 0 Å². The van der Waals surface area contributed by atoms with Crippen molar-refractivity contribution in [3.63, 3.8) is 0 Å². The molecule has 2 heterocycles. The summed E-state index contributed by atoms with van der Waals surface area (Å²) in [6, 6.07) is -0.145. The number of nitrogens with zero attached hydrogens (tertiary/aromatic N) is 2. The third kappa shape index (κ3) is 5.82. The molecule has 3 amide bonds. The van der Waals surface area contributed by atoms with E-state index >= 15 is 0 Å². The second-order valence-corrected chi connectivity index (χ2v) is 7.15. The van der Waals surface area contributed by atoms with Crippen LogP contribution in [0.3, 0.4) is 0 Å². The maximum absolute atomic E-state index is 11.7. The lowest BCUT2D eigenvalue weighted by molar-refractivity contribution is -0.133. The van der Waals surface area contributed by atoms with Crippen molar-refractivity contribution in [3.8, 4) is 0 Å². The monoisotopic (exact) mass is 338 g/mol. The van der Waals surface area contributed by atoms with Crippen molar-refractivity contribution in [2.24, 2.45) is 0 Å². The largest absolute Gasteiger partial charge is 0.343 e. The Balaban J connectivity index is 1.55. The smallest absolute Gasteiger partial charge is 0.314 e. The average Bonchev–Trinajstić information content (AvgIpc) is 2.83. The van der Waals surface area contributed by atoms with Gasteiger partial charge in [0.1, 0.15) is 0 Å². The molecule has 1 aliphatic rings. The summed E-state index contributed by atoms with van der Waals surface area (Å²) >= 11 is 1.68. The van der Waals surface area contributed by atoms with E-state index < -0.39 is 0 Å². The molecule has 0 unspecified atom stereocenters. The van der Waals surface area contributed by atoms with E-state index in [2.05, 4.69) is 15.6 Å². The number of piperidine rings is 1. The van der Waals surface area contributed by atoms with E-state index in [1.165, 1.54) is 4.88 Å². The highest BCUT2D eigenvalue weighted by Gasteiger charge is 2.16. The lowest BCUT2D eigenvalue weighted by atomic mass is 10.1. The van der Waals surface area contributed by atoms with Crippen LogP contribution in [0.1, 0.15) is 41.3 Å². The number of amides is 3. The molecule has 1 fully saturated rings. The summed E-state index contributed by atoms with van der Waals surface area (Å²) in [5.74, 6) is 0.246. The molecule has 23 heavy (non-hydrogen) atoms. The molecule has 0 atom stereocenters. The summed E-state index contributed by atoms with van der Waals surface area (Å²) < 4.78 is 0. The van der Waals surface area contributed by atoms with Gasteiger partial charge in [0.05, 0.1) is 10.7 Å². The van der Waals surface area contributed by atoms with Gasteiger partial charge in [0.2, 0.25) is 5.91 Å². The second kappa shape index (κ2) is 8.86. The summed E-state index contributed by atoms with van der Waals surface area (Å²) in [5, 5.41) is 6.77. The number of urea groups is 1. The summed E-state index contributed by atoms with van der Waals surface area (Å²) in [4.78, 5) is 30.9. The van der Waals surface area contributed by atoms with Crippen LogP contribution < -0.4 is 10.6 Å². The Bertz CT molecular complexity index is 544. The number of likely N-dealkylation sites (tertiary alicyclic amines) is 1. The topological polar surface area (TPSA) is 74.3 Å². The van der Waals surface area contributed by atoms with Gasteiger partial charge < -0.3 is 15.5 Å². The fourth-order valence-corrected chi connectivity index (χ4v) is 3.66. The third-order valence-electron chi connectivity index (χ3n) is 3.95. The molecule has 0 bridgehead atoms. The fraction of sp³-hybridized carbons (Fsp3) is 0.688. The van der Waals surface area contributed by atoms with E-state index in [-0.39, 0.29) is 11.9 Å². The molecule has 128 valence electrons. The van der Waals surface area contributed by atoms with Crippen molar-refractivity contribution in [3.05, 3.63) is 15.6 Å². The van der Waals surface area contributed by atoms with E-state index in [0.29, 0.717) is 19.5 Å². The van der Waals surface area contributed by atoms with Crippen molar-refractivity contribution in [1.82, 2.24) is 20.5 Å². The number of aromatic nitrogens is 1. The molecule has 0 radical (unpaired) electrons. The van der Waals surface area contributed by atoms with Crippen LogP contribution in [0, 0.1) is 13.8 Å². The van der Waals surface area contributed by atoms with Gasteiger partial charge in [0.25, 0.3) is 0 Å². The molecule has 0 aliphatic carbocycles. The number of thiazole rings is 1. The van der Waals surface area contributed by atoms with Gasteiger partial charge in [-0.2, -0.15) is 0 Å². The van der Waals surface area contributed by atoms with E-state index in [9.17, 15) is 9.59 Å². The molecule has 6 nitrogen and oxygen atoms in total. The first-order chi connectivity index (χ1) is 11.1. The van der Waals surface area contributed by atoms with E-state index in [0.717, 1.165) is 49.5 Å². The number of aryl methyl sites for hydroxylation is 2. The first kappa shape index (κ1) is 17.7. The second-order valence-electron chi connectivity index (χ2n) is 5.87. The lowest BCUT2D eigenvalue weighted by Gasteiger charge is -2.26. The van der Waals surface area contributed by atoms with Crippen molar-refractivity contribution >= 4 is 23.3 Å². The molecular weight excluding hydrogens is 312 g/mol. The van der Waals surface area contributed by atoms with Crippen LogP contribution >= 0.6 is 11.3 Å². The molecule has 0 spiro atoms. The first-order valence-corrected chi connectivity index (χ1v) is 9.10. The lowest BCUT2D eigenvalue weighted by Crippen LogP contribution is -2.40. The van der Waals surface area contributed by atoms with E-state index in [1.807, 2.05) is 18.7 Å². The molecule has 0 saturated carbocycles. The van der Waals surface area contributed by atoms with Gasteiger partial charge >= 0.3 is 6.03 Å². The van der Waals surface area contributed by atoms with Crippen molar-refractivity contribution < 1.29 is 9.59 Å². The summed E-state index contributed by atoms with van der Waals surface area (Å²) in [6.45, 7) is 6.79. The van der Waals surface area contributed by atoms with Gasteiger partial charge in [0, 0.05) is 43.9 Å². The van der Waals surface area contributed by atoms with Gasteiger partial charge in [-0.25, -0.2) is 9.78 Å². The average molecular weight is 338 g/mol. The van der Waals surface area contributed by atoms with Crippen molar-refractivity contribution in [2.75, 3.05) is 26.2 Å². The highest BCUT2D eigenvalue weighted by molar-refractivity contribution is 7.11. The minimum absolute atomic E-state index is 0.145. The predicted molar refractivity (Wildman–Crippen MR) is 91.7 cm³/mol. The number of carbonyl (C=O) groups is 2. The predicted octanol–water partition coefficient (Wildman–Crippen LogP) is 2.00. The van der Waals surface area contributed by atoms with Crippen LogP contribution in [-0.4, -0.2) is 48.0 Å². The van der Waals surface area contributed by atoms with Gasteiger partial charge in [-0.05, 0) is 33.1 Å². The molecule has 2 rings (SSSR count). The molecular formula is C16H26N4O2S. The zero-order chi connectivity index (χ0) is 16.7. The van der Waals surface area contributed by atoms with Crippen LogP contribution in [-0.2, 0) is 11.2 Å². The van der Waals surface area contributed by atoms with Crippen molar-refractivity contribution in [2.45, 2.75) is 46.0 Å². The van der Waals surface area contributed by atoms with Crippen LogP contribution in [0.4, 0.5) is 4.79 Å². The first-order valence-electron chi connectivity index (χ1n) is 8.28. The number of carbonyl (C=O) groups excluding carboxylic acids is 2. The number of hydrogen-bond acceptors (Lipinski definition) is 4. The Morgan fingerprint density at radius 2 is 2.04 bits per heavy atom. The summed E-state index contributed by atoms with van der Waals surface area (Å²) in [6.07, 6.45) is 4.38. The Labute approximate surface area is 141 Å². The van der Waals surface area contributed by atoms with Crippen molar-refractivity contribution in [1.29, 1.82) is 0 Å². The summed E-state index contributed by atoms with van der Waals surface area (Å²) in [5.41, 5.74) is 1.06. The van der Waals surface area contributed by atoms with Crippen LogP contribution in [0.25, 0.3) is 0 Å². The molecule has 1 aromatic rings. The Kier molecular flexibility index (Phi) is 6.83. The minimum atomic E-state index is -0.145. The Morgan fingerprint density at radius 3 is 2.74 bits per heavy atom.